The van der Waals surface area contributed by atoms with E-state index in [2.05, 4.69) is 5.32 Å². The summed E-state index contributed by atoms with van der Waals surface area (Å²) in [5.41, 5.74) is -0.126. The van der Waals surface area contributed by atoms with Gasteiger partial charge in [0.25, 0.3) is 0 Å². The van der Waals surface area contributed by atoms with Gasteiger partial charge in [-0.05, 0) is 12.1 Å². The van der Waals surface area contributed by atoms with Crippen LogP contribution in [0.3, 0.4) is 0 Å². The number of nitrogens with one attached hydrogen (secondary N) is 1. The van der Waals surface area contributed by atoms with Crippen LogP contribution in [0.25, 0.3) is 0 Å². The zero-order valence-corrected chi connectivity index (χ0v) is 10.9. The molecule has 1 aromatic carbocycles. The molecule has 1 N–H and O–H groups in total. The van der Waals surface area contributed by atoms with Crippen LogP contribution in [0, 0.1) is 23.0 Å². The number of rotatable bonds is 7. The highest BCUT2D eigenvalue weighted by atomic mass is 19.1. The lowest BCUT2D eigenvalue weighted by atomic mass is 10.1. The molecule has 6 heteroatoms. The monoisotopic (exact) mass is 270 g/mol. The minimum absolute atomic E-state index is 0.0208. The Kier molecular flexibility index (Phi) is 6.36. The second-order valence-corrected chi connectivity index (χ2v) is 3.97. The molecule has 4 nitrogen and oxygen atoms in total. The highest BCUT2D eigenvalue weighted by molar-refractivity contribution is 5.34. The van der Waals surface area contributed by atoms with E-state index in [1.807, 2.05) is 0 Å². The zero-order chi connectivity index (χ0) is 14.3. The fourth-order valence-corrected chi connectivity index (χ4v) is 1.59. The van der Waals surface area contributed by atoms with Crippen molar-refractivity contribution in [1.82, 2.24) is 5.32 Å². The summed E-state index contributed by atoms with van der Waals surface area (Å²) in [5.74, 6) is -1.46. The van der Waals surface area contributed by atoms with E-state index in [4.69, 9.17) is 14.7 Å². The van der Waals surface area contributed by atoms with Gasteiger partial charge in [-0.15, -0.1) is 0 Å². The van der Waals surface area contributed by atoms with Crippen LogP contribution >= 0.6 is 0 Å². The van der Waals surface area contributed by atoms with Crippen molar-refractivity contribution in [3.63, 3.8) is 0 Å². The maximum Gasteiger partial charge on any atom is 0.131 e. The summed E-state index contributed by atoms with van der Waals surface area (Å²) in [6.45, 7) is 0.817. The molecule has 19 heavy (non-hydrogen) atoms. The Morgan fingerprint density at radius 2 is 1.95 bits per heavy atom. The number of ether oxygens (including phenoxy) is 2. The lowest BCUT2D eigenvalue weighted by Crippen LogP contribution is -2.31. The number of nitriles is 1. The highest BCUT2D eigenvalue weighted by Crippen LogP contribution is 2.14. The van der Waals surface area contributed by atoms with Gasteiger partial charge in [0.05, 0.1) is 24.3 Å². The van der Waals surface area contributed by atoms with E-state index in [1.54, 1.807) is 13.2 Å². The largest absolute Gasteiger partial charge is 0.382 e. The van der Waals surface area contributed by atoms with Crippen LogP contribution in [0.1, 0.15) is 11.1 Å². The molecule has 0 aromatic heterocycles. The van der Waals surface area contributed by atoms with Crippen LogP contribution in [0.2, 0.25) is 0 Å². The smallest absolute Gasteiger partial charge is 0.131 e. The van der Waals surface area contributed by atoms with Crippen LogP contribution in [0.15, 0.2) is 12.1 Å². The van der Waals surface area contributed by atoms with Gasteiger partial charge < -0.3 is 14.8 Å². The lowest BCUT2D eigenvalue weighted by Gasteiger charge is -2.15. The fraction of sp³-hybridized carbons (Fsp3) is 0.462. The van der Waals surface area contributed by atoms with Gasteiger partial charge in [0.1, 0.15) is 11.6 Å². The third-order valence-electron chi connectivity index (χ3n) is 2.63. The maximum atomic E-state index is 13.6. The normalized spacial score (nSPS) is 12.2. The van der Waals surface area contributed by atoms with Crippen molar-refractivity contribution < 1.29 is 18.3 Å². The van der Waals surface area contributed by atoms with Gasteiger partial charge >= 0.3 is 0 Å². The number of hydrogen-bond acceptors (Lipinski definition) is 4. The summed E-state index contributed by atoms with van der Waals surface area (Å²) in [5, 5.41) is 11.5. The molecule has 104 valence electrons. The molecule has 0 saturated heterocycles. The fourth-order valence-electron chi connectivity index (χ4n) is 1.59. The van der Waals surface area contributed by atoms with Gasteiger partial charge in [-0.1, -0.05) is 0 Å². The predicted molar refractivity (Wildman–Crippen MR) is 65.5 cm³/mol. The first-order valence-electron chi connectivity index (χ1n) is 5.72. The van der Waals surface area contributed by atoms with Gasteiger partial charge in [0, 0.05) is 32.9 Å². The van der Waals surface area contributed by atoms with E-state index >= 15 is 0 Å². The number of benzene rings is 1. The molecule has 0 heterocycles. The highest BCUT2D eigenvalue weighted by Gasteiger charge is 2.12. The third kappa shape index (κ3) is 4.56. The quantitative estimate of drug-likeness (QED) is 0.817. The first-order chi connectivity index (χ1) is 9.12. The molecule has 0 aliphatic heterocycles. The van der Waals surface area contributed by atoms with Gasteiger partial charge in [0.15, 0.2) is 0 Å². The molecule has 0 fully saturated rings. The molecule has 1 rings (SSSR count). The van der Waals surface area contributed by atoms with E-state index in [9.17, 15) is 8.78 Å². The first-order valence-corrected chi connectivity index (χ1v) is 5.72. The first kappa shape index (κ1) is 15.5. The lowest BCUT2D eigenvalue weighted by molar-refractivity contribution is 0.0287. The standard InChI is InChI=1S/C13H16F2N2O2/c1-18-8-10(19-2)6-17-7-11-12(14)3-9(5-16)4-13(11)15/h3-4,10,17H,6-8H2,1-2H3. The minimum Gasteiger partial charge on any atom is -0.382 e. The topological polar surface area (TPSA) is 54.3 Å². The van der Waals surface area contributed by atoms with E-state index in [-0.39, 0.29) is 23.8 Å². The van der Waals surface area contributed by atoms with E-state index < -0.39 is 11.6 Å². The summed E-state index contributed by atoms with van der Waals surface area (Å²) in [7, 11) is 3.08. The van der Waals surface area contributed by atoms with Crippen molar-refractivity contribution in [3.8, 4) is 6.07 Å². The van der Waals surface area contributed by atoms with Crippen molar-refractivity contribution in [2.24, 2.45) is 0 Å². The van der Waals surface area contributed by atoms with Crippen LogP contribution in [0.4, 0.5) is 8.78 Å². The average molecular weight is 270 g/mol. The minimum atomic E-state index is -0.732. The van der Waals surface area contributed by atoms with Crippen molar-refractivity contribution in [3.05, 3.63) is 34.9 Å². The summed E-state index contributed by atoms with van der Waals surface area (Å²) < 4.78 is 37.2. The third-order valence-corrected chi connectivity index (χ3v) is 2.63. The summed E-state index contributed by atoms with van der Waals surface area (Å²) in [4.78, 5) is 0. The Bertz CT molecular complexity index is 437. The molecule has 0 aliphatic rings. The summed E-state index contributed by atoms with van der Waals surface area (Å²) in [6.07, 6.45) is -0.186. The molecule has 1 unspecified atom stereocenters. The van der Waals surface area contributed by atoms with Crippen molar-refractivity contribution in [1.29, 1.82) is 5.26 Å². The Morgan fingerprint density at radius 3 is 2.42 bits per heavy atom. The predicted octanol–water partition coefficient (Wildman–Crippen LogP) is 1.59. The van der Waals surface area contributed by atoms with Crippen LogP contribution in [-0.2, 0) is 16.0 Å². The number of hydrogen-bond donors (Lipinski definition) is 1. The SMILES string of the molecule is COCC(CNCc1c(F)cc(C#N)cc1F)OC. The molecule has 0 amide bonds. The van der Waals surface area contributed by atoms with Gasteiger partial charge in [-0.2, -0.15) is 5.26 Å². The van der Waals surface area contributed by atoms with E-state index in [0.29, 0.717) is 13.2 Å². The molecule has 0 aliphatic carbocycles. The maximum absolute atomic E-state index is 13.6. The Hall–Kier alpha value is -1.55. The van der Waals surface area contributed by atoms with Gasteiger partial charge in [-0.25, -0.2) is 8.78 Å². The van der Waals surface area contributed by atoms with Crippen molar-refractivity contribution >= 4 is 0 Å². The molecular weight excluding hydrogens is 254 g/mol. The number of halogens is 2. The molecule has 1 atom stereocenters. The second-order valence-electron chi connectivity index (χ2n) is 3.97. The van der Waals surface area contributed by atoms with Crippen LogP contribution < -0.4 is 5.32 Å². The molecular formula is C13H16F2N2O2. The van der Waals surface area contributed by atoms with Gasteiger partial charge in [-0.3, -0.25) is 0 Å². The Labute approximate surface area is 110 Å². The second kappa shape index (κ2) is 7.79. The van der Waals surface area contributed by atoms with Gasteiger partial charge in [0.2, 0.25) is 0 Å². The molecule has 0 radical (unpaired) electrons. The molecule has 1 aromatic rings. The number of nitrogens with zero attached hydrogens (tertiary/aromatic N) is 1. The van der Waals surface area contributed by atoms with Crippen LogP contribution in [-0.4, -0.2) is 33.5 Å². The Balaban J connectivity index is 2.61. The van der Waals surface area contributed by atoms with Crippen molar-refractivity contribution in [2.75, 3.05) is 27.4 Å². The van der Waals surface area contributed by atoms with Crippen LogP contribution in [0.5, 0.6) is 0 Å². The molecule has 0 saturated carbocycles. The van der Waals surface area contributed by atoms with E-state index in [1.165, 1.54) is 7.11 Å². The molecule has 0 bridgehead atoms. The van der Waals surface area contributed by atoms with E-state index in [0.717, 1.165) is 12.1 Å². The Morgan fingerprint density at radius 1 is 1.32 bits per heavy atom. The summed E-state index contributed by atoms with van der Waals surface area (Å²) in [6, 6.07) is 3.73. The van der Waals surface area contributed by atoms with Crippen molar-refractivity contribution in [2.45, 2.75) is 12.6 Å². The molecule has 0 spiro atoms. The average Bonchev–Trinajstić information content (AvgIpc) is 2.40. The number of methoxy groups -OCH3 is 2. The zero-order valence-electron chi connectivity index (χ0n) is 10.9. The summed E-state index contributed by atoms with van der Waals surface area (Å²) >= 11 is 0.